The van der Waals surface area contributed by atoms with E-state index >= 15 is 0 Å². The summed E-state index contributed by atoms with van der Waals surface area (Å²) < 4.78 is 11.0. The maximum atomic E-state index is 10.9. The van der Waals surface area contributed by atoms with E-state index in [9.17, 15) is 4.79 Å². The lowest BCUT2D eigenvalue weighted by Crippen LogP contribution is -1.96. The van der Waals surface area contributed by atoms with Crippen molar-refractivity contribution in [1.29, 1.82) is 0 Å². The maximum absolute atomic E-state index is 10.9. The van der Waals surface area contributed by atoms with E-state index in [1.165, 1.54) is 0 Å². The molecule has 1 aromatic heterocycles. The van der Waals surface area contributed by atoms with Crippen LogP contribution in [0.2, 0.25) is 0 Å². The second-order valence-electron chi connectivity index (χ2n) is 4.31. The summed E-state index contributed by atoms with van der Waals surface area (Å²) in [4.78, 5) is 14.9. The third kappa shape index (κ3) is 2.33. The number of nitrogens with two attached hydrogens (primary N) is 1. The molecule has 5 nitrogen and oxygen atoms in total. The van der Waals surface area contributed by atoms with Crippen LogP contribution in [0.5, 0.6) is 5.75 Å². The minimum absolute atomic E-state index is 0.0487. The summed E-state index contributed by atoms with van der Waals surface area (Å²) in [6.07, 6.45) is 0.736. The SMILES string of the molecule is Nc1nc2cc(C=O)cc(OCc3ccccc3)c2o1. The number of nitrogen functional groups attached to an aromatic ring is 1. The van der Waals surface area contributed by atoms with Crippen LogP contribution in [0.4, 0.5) is 6.01 Å². The number of fused-ring (bicyclic) bond motifs is 1. The van der Waals surface area contributed by atoms with Crippen molar-refractivity contribution in [3.8, 4) is 5.75 Å². The number of aromatic nitrogens is 1. The van der Waals surface area contributed by atoms with Gasteiger partial charge in [-0.05, 0) is 17.7 Å². The monoisotopic (exact) mass is 268 g/mol. The van der Waals surface area contributed by atoms with Crippen molar-refractivity contribution >= 4 is 23.4 Å². The molecule has 0 fully saturated rings. The number of benzene rings is 2. The number of anilines is 1. The molecule has 0 saturated heterocycles. The molecule has 20 heavy (non-hydrogen) atoms. The number of rotatable bonds is 4. The Hall–Kier alpha value is -2.82. The summed E-state index contributed by atoms with van der Waals surface area (Å²) in [5.41, 5.74) is 7.98. The fourth-order valence-electron chi connectivity index (χ4n) is 1.95. The van der Waals surface area contributed by atoms with Gasteiger partial charge in [0.15, 0.2) is 11.3 Å². The zero-order chi connectivity index (χ0) is 13.9. The van der Waals surface area contributed by atoms with Gasteiger partial charge in [-0.3, -0.25) is 4.79 Å². The molecule has 0 aliphatic rings. The molecule has 0 aliphatic heterocycles. The van der Waals surface area contributed by atoms with Gasteiger partial charge >= 0.3 is 0 Å². The summed E-state index contributed by atoms with van der Waals surface area (Å²) in [5.74, 6) is 0.456. The summed E-state index contributed by atoms with van der Waals surface area (Å²) in [6, 6.07) is 13.0. The fourth-order valence-corrected chi connectivity index (χ4v) is 1.95. The number of ether oxygens (including phenoxy) is 1. The van der Waals surface area contributed by atoms with Gasteiger partial charge in [0.1, 0.15) is 18.4 Å². The lowest BCUT2D eigenvalue weighted by atomic mass is 10.2. The van der Waals surface area contributed by atoms with Gasteiger partial charge in [0.2, 0.25) is 0 Å². The third-order valence-corrected chi connectivity index (χ3v) is 2.87. The van der Waals surface area contributed by atoms with Crippen LogP contribution in [0.15, 0.2) is 46.9 Å². The summed E-state index contributed by atoms with van der Waals surface area (Å²) >= 11 is 0. The average Bonchev–Trinajstić information content (AvgIpc) is 2.86. The Bertz CT molecular complexity index is 750. The first kappa shape index (κ1) is 12.2. The van der Waals surface area contributed by atoms with Gasteiger partial charge in [0.05, 0.1) is 0 Å². The molecule has 5 heteroatoms. The molecule has 0 aliphatic carbocycles. The van der Waals surface area contributed by atoms with Crippen LogP contribution in [0.3, 0.4) is 0 Å². The maximum Gasteiger partial charge on any atom is 0.293 e. The Kier molecular flexibility index (Phi) is 3.09. The number of aldehydes is 1. The zero-order valence-electron chi connectivity index (χ0n) is 10.6. The van der Waals surface area contributed by atoms with Crippen molar-refractivity contribution in [3.05, 3.63) is 53.6 Å². The van der Waals surface area contributed by atoms with E-state index in [1.807, 2.05) is 30.3 Å². The van der Waals surface area contributed by atoms with Crippen molar-refractivity contribution in [3.63, 3.8) is 0 Å². The van der Waals surface area contributed by atoms with Crippen molar-refractivity contribution < 1.29 is 13.9 Å². The van der Waals surface area contributed by atoms with E-state index in [0.29, 0.717) is 29.0 Å². The molecule has 3 aromatic rings. The van der Waals surface area contributed by atoms with Gasteiger partial charge < -0.3 is 14.9 Å². The Morgan fingerprint density at radius 3 is 2.80 bits per heavy atom. The first-order valence-electron chi connectivity index (χ1n) is 6.08. The largest absolute Gasteiger partial charge is 0.485 e. The van der Waals surface area contributed by atoms with E-state index in [4.69, 9.17) is 14.9 Å². The highest BCUT2D eigenvalue weighted by Gasteiger charge is 2.12. The zero-order valence-corrected chi connectivity index (χ0v) is 10.6. The van der Waals surface area contributed by atoms with Gasteiger partial charge in [-0.2, -0.15) is 4.98 Å². The van der Waals surface area contributed by atoms with E-state index in [2.05, 4.69) is 4.98 Å². The first-order chi connectivity index (χ1) is 9.76. The molecule has 0 unspecified atom stereocenters. The molecular weight excluding hydrogens is 256 g/mol. The van der Waals surface area contributed by atoms with Crippen LogP contribution in [0.1, 0.15) is 15.9 Å². The number of carbonyl (C=O) groups is 1. The molecule has 1 heterocycles. The number of hydrogen-bond acceptors (Lipinski definition) is 5. The Morgan fingerprint density at radius 2 is 2.05 bits per heavy atom. The van der Waals surface area contributed by atoms with Crippen LogP contribution in [-0.2, 0) is 6.61 Å². The van der Waals surface area contributed by atoms with E-state index < -0.39 is 0 Å². The van der Waals surface area contributed by atoms with Crippen LogP contribution < -0.4 is 10.5 Å². The molecule has 0 spiro atoms. The van der Waals surface area contributed by atoms with Crippen LogP contribution >= 0.6 is 0 Å². The summed E-state index contributed by atoms with van der Waals surface area (Å²) in [5, 5.41) is 0. The topological polar surface area (TPSA) is 78.3 Å². The van der Waals surface area contributed by atoms with E-state index in [0.717, 1.165) is 11.8 Å². The number of hydrogen-bond donors (Lipinski definition) is 1. The fraction of sp³-hybridized carbons (Fsp3) is 0.0667. The Balaban J connectivity index is 1.95. The summed E-state index contributed by atoms with van der Waals surface area (Å²) in [6.45, 7) is 0.374. The first-order valence-corrected chi connectivity index (χ1v) is 6.08. The predicted octanol–water partition coefficient (Wildman–Crippen LogP) is 2.80. The van der Waals surface area contributed by atoms with Crippen molar-refractivity contribution in [1.82, 2.24) is 4.98 Å². The molecule has 2 N–H and O–H groups in total. The summed E-state index contributed by atoms with van der Waals surface area (Å²) in [7, 11) is 0. The second-order valence-corrected chi connectivity index (χ2v) is 4.31. The number of carbonyl (C=O) groups excluding carboxylic acids is 1. The van der Waals surface area contributed by atoms with E-state index in [1.54, 1.807) is 12.1 Å². The van der Waals surface area contributed by atoms with E-state index in [-0.39, 0.29) is 6.01 Å². The van der Waals surface area contributed by atoms with Crippen LogP contribution in [-0.4, -0.2) is 11.3 Å². The van der Waals surface area contributed by atoms with Gasteiger partial charge in [-0.15, -0.1) is 0 Å². The average molecular weight is 268 g/mol. The molecule has 0 radical (unpaired) electrons. The number of oxazole rings is 1. The molecule has 0 bridgehead atoms. The Labute approximate surface area is 115 Å². The highest BCUT2D eigenvalue weighted by atomic mass is 16.5. The van der Waals surface area contributed by atoms with Gasteiger partial charge in [-0.1, -0.05) is 30.3 Å². The van der Waals surface area contributed by atoms with Crippen LogP contribution in [0, 0.1) is 0 Å². The standard InChI is InChI=1S/C15H12N2O3/c16-15-17-12-6-11(8-18)7-13(14(12)20-15)19-9-10-4-2-1-3-5-10/h1-8H,9H2,(H2,16,17). The smallest absolute Gasteiger partial charge is 0.293 e. The normalized spacial score (nSPS) is 10.6. The molecule has 100 valence electrons. The van der Waals surface area contributed by atoms with Crippen molar-refractivity contribution in [2.45, 2.75) is 6.61 Å². The van der Waals surface area contributed by atoms with Gasteiger partial charge in [0, 0.05) is 5.56 Å². The van der Waals surface area contributed by atoms with Gasteiger partial charge in [0.25, 0.3) is 6.01 Å². The highest BCUT2D eigenvalue weighted by molar-refractivity contribution is 5.88. The Morgan fingerprint density at radius 1 is 1.25 bits per heavy atom. The minimum Gasteiger partial charge on any atom is -0.485 e. The molecule has 0 atom stereocenters. The van der Waals surface area contributed by atoms with Crippen LogP contribution in [0.25, 0.3) is 11.1 Å². The number of nitrogens with zero attached hydrogens (tertiary/aromatic N) is 1. The highest BCUT2D eigenvalue weighted by Crippen LogP contribution is 2.29. The molecule has 0 saturated carbocycles. The van der Waals surface area contributed by atoms with Crippen molar-refractivity contribution in [2.24, 2.45) is 0 Å². The van der Waals surface area contributed by atoms with Gasteiger partial charge in [-0.25, -0.2) is 0 Å². The quantitative estimate of drug-likeness (QED) is 0.736. The third-order valence-electron chi connectivity index (χ3n) is 2.87. The second kappa shape index (κ2) is 5.05. The lowest BCUT2D eigenvalue weighted by molar-refractivity contribution is 0.112. The minimum atomic E-state index is 0.0487. The predicted molar refractivity (Wildman–Crippen MR) is 74.6 cm³/mol. The van der Waals surface area contributed by atoms with Crippen molar-refractivity contribution in [2.75, 3.05) is 5.73 Å². The molecule has 3 rings (SSSR count). The molecular formula is C15H12N2O3. The lowest BCUT2D eigenvalue weighted by Gasteiger charge is -2.07. The molecule has 0 amide bonds. The molecule has 2 aromatic carbocycles.